The Labute approximate surface area is 124 Å². The van der Waals surface area contributed by atoms with Crippen molar-refractivity contribution >= 4 is 5.82 Å². The Morgan fingerprint density at radius 2 is 2.19 bits per heavy atom. The molecule has 21 heavy (non-hydrogen) atoms. The Morgan fingerprint density at radius 1 is 1.29 bits per heavy atom. The summed E-state index contributed by atoms with van der Waals surface area (Å²) >= 11 is 0. The maximum absolute atomic E-state index is 4.76. The summed E-state index contributed by atoms with van der Waals surface area (Å²) in [4.78, 5) is 13.6. The van der Waals surface area contributed by atoms with Gasteiger partial charge < -0.3 is 10.6 Å². The standard InChI is InChI=1S/C16H19N5/c1-2-7-19-16-13-5-9-17-10-6-14(13)20-15(21-16)12-4-3-8-18-11-12/h2-4,8,11,17H,1,5-7,9-10H2,(H,19,20,21). The maximum Gasteiger partial charge on any atom is 0.163 e. The normalized spacial score (nSPS) is 14.1. The molecule has 3 heterocycles. The number of aromatic nitrogens is 3. The third kappa shape index (κ3) is 3.08. The minimum Gasteiger partial charge on any atom is -0.366 e. The van der Waals surface area contributed by atoms with E-state index in [1.54, 1.807) is 12.4 Å². The lowest BCUT2D eigenvalue weighted by atomic mass is 10.1. The third-order valence-electron chi connectivity index (χ3n) is 3.52. The van der Waals surface area contributed by atoms with Gasteiger partial charge in [0.25, 0.3) is 0 Å². The van der Waals surface area contributed by atoms with E-state index in [-0.39, 0.29) is 0 Å². The predicted molar refractivity (Wildman–Crippen MR) is 84.2 cm³/mol. The molecule has 0 bridgehead atoms. The third-order valence-corrected chi connectivity index (χ3v) is 3.52. The fourth-order valence-corrected chi connectivity index (χ4v) is 2.48. The average molecular weight is 281 g/mol. The highest BCUT2D eigenvalue weighted by atomic mass is 15.0. The topological polar surface area (TPSA) is 62.7 Å². The van der Waals surface area contributed by atoms with Crippen molar-refractivity contribution in [3.8, 4) is 11.4 Å². The summed E-state index contributed by atoms with van der Waals surface area (Å²) in [6, 6.07) is 3.89. The van der Waals surface area contributed by atoms with Gasteiger partial charge in [0.2, 0.25) is 0 Å². The molecule has 5 nitrogen and oxygen atoms in total. The Hall–Kier alpha value is -2.27. The molecule has 2 aromatic rings. The van der Waals surface area contributed by atoms with Crippen LogP contribution in [0.3, 0.4) is 0 Å². The molecular weight excluding hydrogens is 262 g/mol. The van der Waals surface area contributed by atoms with Crippen molar-refractivity contribution in [2.24, 2.45) is 0 Å². The molecule has 0 aliphatic carbocycles. The van der Waals surface area contributed by atoms with Gasteiger partial charge in [-0.15, -0.1) is 6.58 Å². The van der Waals surface area contributed by atoms with Crippen molar-refractivity contribution in [3.63, 3.8) is 0 Å². The van der Waals surface area contributed by atoms with E-state index in [0.29, 0.717) is 6.54 Å². The Kier molecular flexibility index (Phi) is 4.21. The van der Waals surface area contributed by atoms with Crippen LogP contribution in [0.4, 0.5) is 5.82 Å². The van der Waals surface area contributed by atoms with E-state index < -0.39 is 0 Å². The first kappa shape index (κ1) is 13.7. The molecule has 0 unspecified atom stereocenters. The molecule has 108 valence electrons. The van der Waals surface area contributed by atoms with Crippen LogP contribution in [0.25, 0.3) is 11.4 Å². The monoisotopic (exact) mass is 281 g/mol. The molecule has 0 spiro atoms. The van der Waals surface area contributed by atoms with Crippen LogP contribution in [0.15, 0.2) is 37.2 Å². The van der Waals surface area contributed by atoms with E-state index in [2.05, 4.69) is 22.2 Å². The van der Waals surface area contributed by atoms with Crippen molar-refractivity contribution in [2.45, 2.75) is 12.8 Å². The van der Waals surface area contributed by atoms with E-state index in [0.717, 1.165) is 48.8 Å². The molecule has 2 N–H and O–H groups in total. The van der Waals surface area contributed by atoms with Gasteiger partial charge in [-0.05, 0) is 25.1 Å². The fraction of sp³-hybridized carbons (Fsp3) is 0.312. The van der Waals surface area contributed by atoms with Gasteiger partial charge in [0, 0.05) is 43.0 Å². The molecule has 0 saturated heterocycles. The molecule has 3 rings (SSSR count). The number of nitrogens with zero attached hydrogens (tertiary/aromatic N) is 3. The Morgan fingerprint density at radius 3 is 3.00 bits per heavy atom. The Balaban J connectivity index is 2.06. The first-order valence-corrected chi connectivity index (χ1v) is 7.24. The second-order valence-corrected chi connectivity index (χ2v) is 4.98. The zero-order chi connectivity index (χ0) is 14.5. The summed E-state index contributed by atoms with van der Waals surface area (Å²) in [6.07, 6.45) is 7.27. The van der Waals surface area contributed by atoms with Crippen LogP contribution in [-0.4, -0.2) is 34.6 Å². The molecule has 0 aromatic carbocycles. The molecule has 1 aliphatic rings. The summed E-state index contributed by atoms with van der Waals surface area (Å²) in [6.45, 7) is 6.38. The van der Waals surface area contributed by atoms with Crippen LogP contribution in [0.1, 0.15) is 11.3 Å². The number of anilines is 1. The van der Waals surface area contributed by atoms with Crippen LogP contribution in [0, 0.1) is 0 Å². The summed E-state index contributed by atoms with van der Waals surface area (Å²) in [7, 11) is 0. The lowest BCUT2D eigenvalue weighted by molar-refractivity contribution is 0.708. The second-order valence-electron chi connectivity index (χ2n) is 4.98. The van der Waals surface area contributed by atoms with Gasteiger partial charge in [0.1, 0.15) is 5.82 Å². The smallest absolute Gasteiger partial charge is 0.163 e. The van der Waals surface area contributed by atoms with Gasteiger partial charge >= 0.3 is 0 Å². The van der Waals surface area contributed by atoms with Crippen LogP contribution >= 0.6 is 0 Å². The van der Waals surface area contributed by atoms with Crippen LogP contribution in [0.5, 0.6) is 0 Å². The molecule has 0 fully saturated rings. The molecule has 0 atom stereocenters. The summed E-state index contributed by atoms with van der Waals surface area (Å²) in [5.41, 5.74) is 3.29. The van der Waals surface area contributed by atoms with Gasteiger partial charge in [-0.3, -0.25) is 4.98 Å². The quantitative estimate of drug-likeness (QED) is 0.837. The first-order chi connectivity index (χ1) is 10.4. The van der Waals surface area contributed by atoms with Crippen molar-refractivity contribution < 1.29 is 0 Å². The van der Waals surface area contributed by atoms with E-state index in [4.69, 9.17) is 9.97 Å². The lowest BCUT2D eigenvalue weighted by Gasteiger charge is -2.13. The summed E-state index contributed by atoms with van der Waals surface area (Å²) < 4.78 is 0. The second kappa shape index (κ2) is 6.45. The molecule has 0 saturated carbocycles. The number of hydrogen-bond acceptors (Lipinski definition) is 5. The van der Waals surface area contributed by atoms with Crippen molar-refractivity contribution in [1.29, 1.82) is 0 Å². The molecule has 0 amide bonds. The van der Waals surface area contributed by atoms with Gasteiger partial charge in [-0.2, -0.15) is 0 Å². The van der Waals surface area contributed by atoms with Crippen molar-refractivity contribution in [1.82, 2.24) is 20.3 Å². The molecule has 0 radical (unpaired) electrons. The molecular formula is C16H19N5. The lowest BCUT2D eigenvalue weighted by Crippen LogP contribution is -2.16. The predicted octanol–water partition coefficient (Wildman–Crippen LogP) is 1.82. The molecule has 5 heteroatoms. The van der Waals surface area contributed by atoms with Crippen LogP contribution < -0.4 is 10.6 Å². The van der Waals surface area contributed by atoms with Crippen molar-refractivity contribution in [3.05, 3.63) is 48.4 Å². The molecule has 1 aliphatic heterocycles. The molecule has 2 aromatic heterocycles. The fourth-order valence-electron chi connectivity index (χ4n) is 2.48. The average Bonchev–Trinajstić information content (AvgIpc) is 2.78. The number of fused-ring (bicyclic) bond motifs is 1. The van der Waals surface area contributed by atoms with Crippen LogP contribution in [0.2, 0.25) is 0 Å². The number of pyridine rings is 1. The van der Waals surface area contributed by atoms with E-state index >= 15 is 0 Å². The maximum atomic E-state index is 4.76. The van der Waals surface area contributed by atoms with E-state index in [1.807, 2.05) is 18.2 Å². The first-order valence-electron chi connectivity index (χ1n) is 7.24. The Bertz CT molecular complexity index is 624. The number of rotatable bonds is 4. The van der Waals surface area contributed by atoms with Gasteiger partial charge in [-0.25, -0.2) is 9.97 Å². The highest BCUT2D eigenvalue weighted by Gasteiger charge is 2.17. The zero-order valence-corrected chi connectivity index (χ0v) is 12.0. The van der Waals surface area contributed by atoms with Gasteiger partial charge in [0.05, 0.1) is 5.69 Å². The van der Waals surface area contributed by atoms with Crippen LogP contribution in [-0.2, 0) is 12.8 Å². The van der Waals surface area contributed by atoms with Crippen molar-refractivity contribution in [2.75, 3.05) is 25.0 Å². The SMILES string of the molecule is C=CCNc1nc(-c2cccnc2)nc2c1CCNCC2. The minimum atomic E-state index is 0.698. The minimum absolute atomic E-state index is 0.698. The van der Waals surface area contributed by atoms with E-state index in [9.17, 15) is 0 Å². The number of hydrogen-bond donors (Lipinski definition) is 2. The highest BCUT2D eigenvalue weighted by Crippen LogP contribution is 2.24. The summed E-state index contributed by atoms with van der Waals surface area (Å²) in [5.74, 6) is 1.65. The largest absolute Gasteiger partial charge is 0.366 e. The van der Waals surface area contributed by atoms with Gasteiger partial charge in [-0.1, -0.05) is 6.08 Å². The van der Waals surface area contributed by atoms with Gasteiger partial charge in [0.15, 0.2) is 5.82 Å². The number of nitrogens with one attached hydrogen (secondary N) is 2. The zero-order valence-electron chi connectivity index (χ0n) is 12.0. The van der Waals surface area contributed by atoms with E-state index in [1.165, 1.54) is 5.56 Å². The summed E-state index contributed by atoms with van der Waals surface area (Å²) in [5, 5.41) is 6.75. The highest BCUT2D eigenvalue weighted by molar-refractivity contribution is 5.59.